The van der Waals surface area contributed by atoms with E-state index < -0.39 is 11.6 Å². The van der Waals surface area contributed by atoms with Crippen molar-refractivity contribution in [1.82, 2.24) is 5.32 Å². The molecule has 5 nitrogen and oxygen atoms in total. The highest BCUT2D eigenvalue weighted by molar-refractivity contribution is 5.76. The first-order valence-corrected chi connectivity index (χ1v) is 8.78. The average molecular weight is 357 g/mol. The van der Waals surface area contributed by atoms with Crippen LogP contribution in [-0.2, 0) is 11.3 Å². The van der Waals surface area contributed by atoms with Crippen LogP contribution in [0.5, 0.6) is 11.5 Å². The smallest absolute Gasteiger partial charge is 0.347 e. The zero-order valence-electron chi connectivity index (χ0n) is 15.6. The van der Waals surface area contributed by atoms with Gasteiger partial charge in [-0.1, -0.05) is 29.8 Å². The highest BCUT2D eigenvalue weighted by atomic mass is 16.5. The first-order valence-electron chi connectivity index (χ1n) is 8.78. The number of carboxylic acids is 1. The van der Waals surface area contributed by atoms with Crippen LogP contribution in [0.1, 0.15) is 31.4 Å². The van der Waals surface area contributed by atoms with E-state index >= 15 is 0 Å². The normalized spacial score (nSPS) is 11.2. The summed E-state index contributed by atoms with van der Waals surface area (Å²) in [6.07, 6.45) is 0.919. The van der Waals surface area contributed by atoms with Gasteiger partial charge in [-0.2, -0.15) is 0 Å². The lowest BCUT2D eigenvalue weighted by Gasteiger charge is -2.21. The monoisotopic (exact) mass is 357 g/mol. The van der Waals surface area contributed by atoms with Crippen LogP contribution < -0.4 is 14.8 Å². The molecule has 5 heteroatoms. The summed E-state index contributed by atoms with van der Waals surface area (Å²) in [5.74, 6) is 0.458. The maximum atomic E-state index is 11.1. The third-order valence-corrected chi connectivity index (χ3v) is 3.93. The molecule has 0 aliphatic carbocycles. The number of carboxylic acid groups (broad SMARTS) is 1. The SMILES string of the molecule is Cc1ccc(OCCCNCc2ccc(OC(C)(C)C(=O)O)cc2)cc1. The molecule has 2 N–H and O–H groups in total. The summed E-state index contributed by atoms with van der Waals surface area (Å²) >= 11 is 0. The Morgan fingerprint density at radius 1 is 1.04 bits per heavy atom. The number of benzene rings is 2. The summed E-state index contributed by atoms with van der Waals surface area (Å²) in [7, 11) is 0. The summed E-state index contributed by atoms with van der Waals surface area (Å²) < 4.78 is 11.2. The minimum atomic E-state index is -1.24. The van der Waals surface area contributed by atoms with E-state index in [2.05, 4.69) is 12.2 Å². The second kappa shape index (κ2) is 9.25. The first-order chi connectivity index (χ1) is 12.4. The minimum absolute atomic E-state index is 0.549. The Bertz CT molecular complexity index is 693. The van der Waals surface area contributed by atoms with Gasteiger partial charge in [-0.05, 0) is 63.6 Å². The van der Waals surface area contributed by atoms with E-state index in [-0.39, 0.29) is 0 Å². The number of rotatable bonds is 10. The molecular formula is C21H27NO4. The molecule has 0 saturated heterocycles. The molecule has 0 spiro atoms. The van der Waals surface area contributed by atoms with Crippen molar-refractivity contribution in [3.05, 3.63) is 59.7 Å². The molecule has 0 heterocycles. The quantitative estimate of drug-likeness (QED) is 0.633. The molecule has 2 aromatic carbocycles. The number of hydrogen-bond acceptors (Lipinski definition) is 4. The van der Waals surface area contributed by atoms with Crippen molar-refractivity contribution >= 4 is 5.97 Å². The van der Waals surface area contributed by atoms with E-state index in [1.165, 1.54) is 19.4 Å². The lowest BCUT2D eigenvalue weighted by atomic mass is 10.1. The maximum absolute atomic E-state index is 11.1. The Balaban J connectivity index is 1.65. The molecule has 0 bridgehead atoms. The average Bonchev–Trinajstić information content (AvgIpc) is 2.60. The van der Waals surface area contributed by atoms with Gasteiger partial charge in [-0.15, -0.1) is 0 Å². The van der Waals surface area contributed by atoms with Gasteiger partial charge in [0.15, 0.2) is 5.60 Å². The number of ether oxygens (including phenoxy) is 2. The van der Waals surface area contributed by atoms with Crippen molar-refractivity contribution in [3.8, 4) is 11.5 Å². The molecule has 26 heavy (non-hydrogen) atoms. The summed E-state index contributed by atoms with van der Waals surface area (Å²) in [5.41, 5.74) is 1.10. The van der Waals surface area contributed by atoms with Crippen molar-refractivity contribution < 1.29 is 19.4 Å². The highest BCUT2D eigenvalue weighted by Crippen LogP contribution is 2.19. The molecule has 0 saturated carbocycles. The maximum Gasteiger partial charge on any atom is 0.347 e. The lowest BCUT2D eigenvalue weighted by molar-refractivity contribution is -0.152. The molecule has 0 fully saturated rings. The largest absolute Gasteiger partial charge is 0.494 e. The third-order valence-electron chi connectivity index (χ3n) is 3.93. The van der Waals surface area contributed by atoms with Gasteiger partial charge in [-0.25, -0.2) is 4.79 Å². The van der Waals surface area contributed by atoms with Crippen molar-refractivity contribution in [3.63, 3.8) is 0 Å². The van der Waals surface area contributed by atoms with E-state index in [1.54, 1.807) is 12.1 Å². The minimum Gasteiger partial charge on any atom is -0.494 e. The number of hydrogen-bond donors (Lipinski definition) is 2. The summed E-state index contributed by atoms with van der Waals surface area (Å²) in [6.45, 7) is 7.39. The van der Waals surface area contributed by atoms with E-state index in [9.17, 15) is 4.79 Å². The molecule has 0 atom stereocenters. The molecule has 140 valence electrons. The molecule has 0 unspecified atom stereocenters. The second-order valence-electron chi connectivity index (χ2n) is 6.75. The Hall–Kier alpha value is -2.53. The van der Waals surface area contributed by atoms with Crippen molar-refractivity contribution in [2.24, 2.45) is 0 Å². The number of carbonyl (C=O) groups is 1. The van der Waals surface area contributed by atoms with Crippen LogP contribution >= 0.6 is 0 Å². The van der Waals surface area contributed by atoms with Gasteiger partial charge in [0, 0.05) is 6.54 Å². The van der Waals surface area contributed by atoms with Crippen molar-refractivity contribution in [1.29, 1.82) is 0 Å². The summed E-state index contributed by atoms with van der Waals surface area (Å²) in [6, 6.07) is 15.5. The topological polar surface area (TPSA) is 67.8 Å². The summed E-state index contributed by atoms with van der Waals surface area (Å²) in [4.78, 5) is 11.1. The van der Waals surface area contributed by atoms with Crippen LogP contribution in [0, 0.1) is 6.92 Å². The van der Waals surface area contributed by atoms with Crippen molar-refractivity contribution in [2.45, 2.75) is 39.3 Å². The van der Waals surface area contributed by atoms with Gasteiger partial charge in [0.25, 0.3) is 0 Å². The second-order valence-corrected chi connectivity index (χ2v) is 6.75. The van der Waals surface area contributed by atoms with Crippen LogP contribution in [-0.4, -0.2) is 29.8 Å². The first kappa shape index (κ1) is 19.8. The van der Waals surface area contributed by atoms with Crippen LogP contribution in [0.3, 0.4) is 0 Å². The Labute approximate surface area is 155 Å². The van der Waals surface area contributed by atoms with E-state index in [4.69, 9.17) is 14.6 Å². The molecule has 0 aliphatic rings. The number of aliphatic carboxylic acids is 1. The Morgan fingerprint density at radius 3 is 2.27 bits per heavy atom. The van der Waals surface area contributed by atoms with Gasteiger partial charge in [0.05, 0.1) is 6.61 Å². The standard InChI is InChI=1S/C21H27NO4/c1-16-5-9-18(10-6-16)25-14-4-13-22-15-17-7-11-19(12-8-17)26-21(2,3)20(23)24/h5-12,22H,4,13-15H2,1-3H3,(H,23,24). The number of nitrogens with one attached hydrogen (secondary N) is 1. The van der Waals surface area contributed by atoms with Crippen LogP contribution in [0.4, 0.5) is 0 Å². The highest BCUT2D eigenvalue weighted by Gasteiger charge is 2.29. The molecule has 0 aromatic heterocycles. The fraction of sp³-hybridized carbons (Fsp3) is 0.381. The lowest BCUT2D eigenvalue weighted by Crippen LogP contribution is -2.37. The van der Waals surface area contributed by atoms with Crippen LogP contribution in [0.2, 0.25) is 0 Å². The van der Waals surface area contributed by atoms with Gasteiger partial charge in [0.2, 0.25) is 0 Å². The van der Waals surface area contributed by atoms with E-state index in [0.717, 1.165) is 30.8 Å². The van der Waals surface area contributed by atoms with Gasteiger partial charge in [-0.3, -0.25) is 0 Å². The van der Waals surface area contributed by atoms with Gasteiger partial charge in [0.1, 0.15) is 11.5 Å². The van der Waals surface area contributed by atoms with Crippen molar-refractivity contribution in [2.75, 3.05) is 13.2 Å². The van der Waals surface area contributed by atoms with Gasteiger partial charge >= 0.3 is 5.97 Å². The predicted octanol–water partition coefficient (Wildman–Crippen LogP) is 3.80. The molecular weight excluding hydrogens is 330 g/mol. The Morgan fingerprint density at radius 2 is 1.65 bits per heavy atom. The predicted molar refractivity (Wildman–Crippen MR) is 102 cm³/mol. The fourth-order valence-corrected chi connectivity index (χ4v) is 2.27. The molecule has 0 radical (unpaired) electrons. The van der Waals surface area contributed by atoms with Gasteiger partial charge < -0.3 is 19.9 Å². The number of aryl methyl sites for hydroxylation is 1. The zero-order chi connectivity index (χ0) is 19.0. The molecule has 0 aliphatic heterocycles. The molecule has 0 amide bonds. The third kappa shape index (κ3) is 6.41. The summed E-state index contributed by atoms with van der Waals surface area (Å²) in [5, 5.41) is 12.5. The fourth-order valence-electron chi connectivity index (χ4n) is 2.27. The van der Waals surface area contributed by atoms with Crippen LogP contribution in [0.25, 0.3) is 0 Å². The van der Waals surface area contributed by atoms with E-state index in [0.29, 0.717) is 12.4 Å². The van der Waals surface area contributed by atoms with E-state index in [1.807, 2.05) is 36.4 Å². The molecule has 2 rings (SSSR count). The molecule has 2 aromatic rings. The van der Waals surface area contributed by atoms with Crippen LogP contribution in [0.15, 0.2) is 48.5 Å². The zero-order valence-corrected chi connectivity index (χ0v) is 15.6. The Kier molecular flexibility index (Phi) is 7.04.